The Balaban J connectivity index is 1.83. The number of hydrogen-bond donors (Lipinski definition) is 2. The molecule has 1 heterocycles. The van der Waals surface area contributed by atoms with E-state index >= 15 is 0 Å². The van der Waals surface area contributed by atoms with Gasteiger partial charge in [0.05, 0.1) is 7.11 Å². The van der Waals surface area contributed by atoms with Crippen LogP contribution in [-0.2, 0) is 20.9 Å². The third kappa shape index (κ3) is 6.17. The molecule has 32 heavy (non-hydrogen) atoms. The molecule has 6 heteroatoms. The molecule has 2 aromatic rings. The number of ether oxygens (including phenoxy) is 1. The van der Waals surface area contributed by atoms with E-state index in [0.717, 1.165) is 25.2 Å². The maximum absolute atomic E-state index is 13.5. The summed E-state index contributed by atoms with van der Waals surface area (Å²) in [7, 11) is 1.38. The van der Waals surface area contributed by atoms with Crippen LogP contribution in [0.3, 0.4) is 0 Å². The zero-order valence-electron chi connectivity index (χ0n) is 19.6. The van der Waals surface area contributed by atoms with Crippen molar-refractivity contribution < 1.29 is 14.3 Å². The van der Waals surface area contributed by atoms with Crippen LogP contribution in [0.5, 0.6) is 0 Å². The lowest BCUT2D eigenvalue weighted by atomic mass is 9.84. The molecule has 1 aliphatic heterocycles. The van der Waals surface area contributed by atoms with Crippen LogP contribution >= 0.6 is 0 Å². The van der Waals surface area contributed by atoms with Gasteiger partial charge in [0.25, 0.3) is 0 Å². The van der Waals surface area contributed by atoms with E-state index in [1.165, 1.54) is 12.7 Å². The summed E-state index contributed by atoms with van der Waals surface area (Å²) in [6.45, 7) is 8.26. The summed E-state index contributed by atoms with van der Waals surface area (Å²) in [6, 6.07) is 19.1. The lowest BCUT2D eigenvalue weighted by molar-refractivity contribution is -0.145. The molecule has 0 aliphatic carbocycles. The lowest BCUT2D eigenvalue weighted by Gasteiger charge is -2.44. The smallest absolute Gasteiger partial charge is 0.327 e. The molecule has 0 saturated carbocycles. The minimum atomic E-state index is -0.866. The molecule has 0 spiro atoms. The number of esters is 1. The Kier molecular flexibility index (Phi) is 7.69. The van der Waals surface area contributed by atoms with Crippen molar-refractivity contribution in [3.8, 4) is 0 Å². The van der Waals surface area contributed by atoms with Gasteiger partial charge < -0.3 is 10.1 Å². The van der Waals surface area contributed by atoms with Gasteiger partial charge in [0, 0.05) is 25.2 Å². The van der Waals surface area contributed by atoms with Gasteiger partial charge in [-0.25, -0.2) is 4.79 Å². The Morgan fingerprint density at radius 2 is 1.56 bits per heavy atom. The normalized spacial score (nSPS) is 17.4. The molecule has 0 aromatic heterocycles. The van der Waals surface area contributed by atoms with Crippen LogP contribution in [0.2, 0.25) is 0 Å². The predicted octanol–water partition coefficient (Wildman–Crippen LogP) is 3.44. The molecule has 1 fully saturated rings. The van der Waals surface area contributed by atoms with E-state index in [-0.39, 0.29) is 11.4 Å². The number of hydrogen-bond acceptors (Lipinski definition) is 5. The number of amides is 1. The number of carbonyl (C=O) groups is 2. The van der Waals surface area contributed by atoms with Crippen molar-refractivity contribution in [2.75, 3.05) is 20.2 Å². The summed E-state index contributed by atoms with van der Waals surface area (Å²) < 4.78 is 5.09. The van der Waals surface area contributed by atoms with Crippen molar-refractivity contribution in [1.82, 2.24) is 15.5 Å². The molecule has 1 amide bonds. The number of carbonyl (C=O) groups excluding carboxylic acids is 2. The molecule has 1 saturated heterocycles. The fourth-order valence-corrected chi connectivity index (χ4v) is 4.15. The van der Waals surface area contributed by atoms with Crippen molar-refractivity contribution >= 4 is 11.9 Å². The molecule has 2 aromatic carbocycles. The van der Waals surface area contributed by atoms with Gasteiger partial charge in [-0.2, -0.15) is 0 Å². The van der Waals surface area contributed by atoms with Crippen molar-refractivity contribution in [3.63, 3.8) is 0 Å². The summed E-state index contributed by atoms with van der Waals surface area (Å²) >= 11 is 0. The average Bonchev–Trinajstić information content (AvgIpc) is 2.78. The van der Waals surface area contributed by atoms with Crippen LogP contribution in [-0.4, -0.2) is 48.1 Å². The second kappa shape index (κ2) is 10.3. The maximum Gasteiger partial charge on any atom is 0.327 e. The third-order valence-corrected chi connectivity index (χ3v) is 5.87. The van der Waals surface area contributed by atoms with Crippen LogP contribution in [0.4, 0.5) is 0 Å². The van der Waals surface area contributed by atoms with Crippen LogP contribution in [0.15, 0.2) is 60.7 Å². The average molecular weight is 438 g/mol. The molecule has 0 bridgehead atoms. The van der Waals surface area contributed by atoms with Crippen molar-refractivity contribution in [1.29, 1.82) is 0 Å². The van der Waals surface area contributed by atoms with E-state index in [0.29, 0.717) is 12.8 Å². The topological polar surface area (TPSA) is 70.7 Å². The number of nitrogens with zero attached hydrogens (tertiary/aromatic N) is 1. The van der Waals surface area contributed by atoms with Crippen molar-refractivity contribution in [2.45, 2.75) is 57.3 Å². The first-order chi connectivity index (χ1) is 15.2. The Bertz CT molecular complexity index is 886. The van der Waals surface area contributed by atoms with E-state index in [2.05, 4.69) is 27.7 Å². The minimum absolute atomic E-state index is 0.0748. The minimum Gasteiger partial charge on any atom is -0.468 e. The van der Waals surface area contributed by atoms with E-state index in [1.807, 2.05) is 69.3 Å². The highest BCUT2D eigenvalue weighted by molar-refractivity contribution is 5.88. The van der Waals surface area contributed by atoms with Crippen LogP contribution in [0, 0.1) is 0 Å². The summed E-state index contributed by atoms with van der Waals surface area (Å²) in [6.07, 6.45) is 1.20. The number of piperidine rings is 1. The fraction of sp³-hybridized carbons (Fsp3) is 0.462. The molecule has 2 N–H and O–H groups in total. The first-order valence-electron chi connectivity index (χ1n) is 11.2. The van der Waals surface area contributed by atoms with Gasteiger partial charge >= 0.3 is 5.97 Å². The Morgan fingerprint density at radius 1 is 1.00 bits per heavy atom. The van der Waals surface area contributed by atoms with Gasteiger partial charge in [0.15, 0.2) is 0 Å². The highest BCUT2D eigenvalue weighted by Crippen LogP contribution is 2.29. The first-order valence-corrected chi connectivity index (χ1v) is 11.2. The van der Waals surface area contributed by atoms with E-state index in [1.54, 1.807) is 0 Å². The highest BCUT2D eigenvalue weighted by atomic mass is 16.5. The molecule has 1 aliphatic rings. The summed E-state index contributed by atoms with van der Waals surface area (Å²) in [5, 5.41) is 6.57. The summed E-state index contributed by atoms with van der Waals surface area (Å²) in [5.74, 6) is -0.472. The maximum atomic E-state index is 13.5. The van der Waals surface area contributed by atoms with Gasteiger partial charge in [0.2, 0.25) is 5.91 Å². The zero-order chi connectivity index (χ0) is 23.2. The van der Waals surface area contributed by atoms with Gasteiger partial charge in [-0.05, 0) is 44.7 Å². The largest absolute Gasteiger partial charge is 0.468 e. The molecule has 0 unspecified atom stereocenters. The van der Waals surface area contributed by atoms with E-state index < -0.39 is 17.6 Å². The molecule has 1 atom stereocenters. The van der Waals surface area contributed by atoms with Gasteiger partial charge in [-0.3, -0.25) is 15.0 Å². The number of methoxy groups -OCH3 is 1. The van der Waals surface area contributed by atoms with Crippen LogP contribution < -0.4 is 10.6 Å². The first kappa shape index (κ1) is 24.0. The quantitative estimate of drug-likeness (QED) is 0.650. The van der Waals surface area contributed by atoms with Crippen molar-refractivity contribution in [2.24, 2.45) is 0 Å². The number of nitrogens with one attached hydrogen (secondary N) is 2. The molecule has 3 rings (SSSR count). The Morgan fingerprint density at radius 3 is 2.09 bits per heavy atom. The standard InChI is InChI=1S/C26H35N3O3/c1-25(2,3)28-24(31)26(27-22(23(30)32-4)21-13-9-6-10-14-21)15-17-29(18-16-26)19-20-11-7-5-8-12-20/h5-14,22,27H,15-19H2,1-4H3,(H,28,31)/t22-/m0/s1. The molecule has 6 nitrogen and oxygen atoms in total. The number of likely N-dealkylation sites (tertiary alicyclic amines) is 1. The molecular formula is C26H35N3O3. The van der Waals surface area contributed by atoms with Gasteiger partial charge in [-0.1, -0.05) is 60.7 Å². The molecule has 172 valence electrons. The second-order valence-electron chi connectivity index (χ2n) is 9.56. The van der Waals surface area contributed by atoms with E-state index in [9.17, 15) is 9.59 Å². The van der Waals surface area contributed by atoms with Crippen LogP contribution in [0.25, 0.3) is 0 Å². The number of benzene rings is 2. The Labute approximate surface area is 191 Å². The molecule has 0 radical (unpaired) electrons. The third-order valence-electron chi connectivity index (χ3n) is 5.87. The van der Waals surface area contributed by atoms with Gasteiger partial charge in [0.1, 0.15) is 11.6 Å². The van der Waals surface area contributed by atoms with Crippen LogP contribution in [0.1, 0.15) is 50.8 Å². The van der Waals surface area contributed by atoms with Gasteiger partial charge in [-0.15, -0.1) is 0 Å². The fourth-order valence-electron chi connectivity index (χ4n) is 4.15. The zero-order valence-corrected chi connectivity index (χ0v) is 19.6. The SMILES string of the molecule is COC(=O)[C@@H](NC1(C(=O)NC(C)(C)C)CCN(Cc2ccccc2)CC1)c1ccccc1. The lowest BCUT2D eigenvalue weighted by Crippen LogP contribution is -2.65. The predicted molar refractivity (Wildman–Crippen MR) is 126 cm³/mol. The summed E-state index contributed by atoms with van der Waals surface area (Å²) in [5.41, 5.74) is 0.799. The monoisotopic (exact) mass is 437 g/mol. The van der Waals surface area contributed by atoms with E-state index in [4.69, 9.17) is 4.74 Å². The van der Waals surface area contributed by atoms with Crippen molar-refractivity contribution in [3.05, 3.63) is 71.8 Å². The summed E-state index contributed by atoms with van der Waals surface area (Å²) in [4.78, 5) is 28.6. The second-order valence-corrected chi connectivity index (χ2v) is 9.56. The highest BCUT2D eigenvalue weighted by Gasteiger charge is 2.45. The molecular weight excluding hydrogens is 402 g/mol. The number of rotatable bonds is 7. The Hall–Kier alpha value is -2.70.